The monoisotopic (exact) mass is 448 g/mol. The Morgan fingerprint density at radius 2 is 1.90 bits per heavy atom. The van der Waals surface area contributed by atoms with Gasteiger partial charge in [-0.3, -0.25) is 0 Å². The Hall–Kier alpha value is -1.36. The number of hydrogen-bond donors (Lipinski definition) is 2. The van der Waals surface area contributed by atoms with Crippen LogP contribution in [0.1, 0.15) is 96.0 Å². The van der Waals surface area contributed by atoms with Gasteiger partial charge in [-0.25, -0.2) is 4.79 Å². The molecule has 0 spiro atoms. The predicted molar refractivity (Wildman–Crippen MR) is 125 cm³/mol. The first-order valence-electron chi connectivity index (χ1n) is 11.2. The number of carbonyl (C=O) groups is 1. The highest BCUT2D eigenvalue weighted by molar-refractivity contribution is 7.13. The zero-order valence-electron chi connectivity index (χ0n) is 17.7. The fraction of sp³-hybridized carbons (Fsp3) is 0.560. The molecule has 3 unspecified atom stereocenters. The van der Waals surface area contributed by atoms with Crippen molar-refractivity contribution in [3.63, 3.8) is 0 Å². The molecule has 4 atom stereocenters. The van der Waals surface area contributed by atoms with Crippen LogP contribution in [0.5, 0.6) is 0 Å². The molecule has 1 aliphatic rings. The van der Waals surface area contributed by atoms with E-state index in [2.05, 4.69) is 31.2 Å². The van der Waals surface area contributed by atoms with E-state index in [4.69, 9.17) is 16.7 Å². The maximum Gasteiger partial charge on any atom is 0.345 e. The molecule has 1 aromatic heterocycles. The summed E-state index contributed by atoms with van der Waals surface area (Å²) in [5.74, 6) is 0.0736. The van der Waals surface area contributed by atoms with Gasteiger partial charge >= 0.3 is 5.97 Å². The average molecular weight is 449 g/mol. The van der Waals surface area contributed by atoms with E-state index < -0.39 is 5.97 Å². The van der Waals surface area contributed by atoms with Crippen molar-refractivity contribution in [1.82, 2.24) is 0 Å². The van der Waals surface area contributed by atoms with Gasteiger partial charge in [0, 0.05) is 10.3 Å². The largest absolute Gasteiger partial charge is 0.477 e. The lowest BCUT2D eigenvalue weighted by Crippen LogP contribution is -2.14. The molecule has 164 valence electrons. The maximum atomic E-state index is 11.0. The molecule has 1 saturated carbocycles. The molecule has 1 fully saturated rings. The number of carboxylic acid groups (broad SMARTS) is 1. The van der Waals surface area contributed by atoms with Gasteiger partial charge in [0.15, 0.2) is 0 Å². The van der Waals surface area contributed by atoms with Crippen LogP contribution in [-0.2, 0) is 6.42 Å². The molecule has 30 heavy (non-hydrogen) atoms. The summed E-state index contributed by atoms with van der Waals surface area (Å²) in [5.41, 5.74) is 2.34. The smallest absolute Gasteiger partial charge is 0.345 e. The highest BCUT2D eigenvalue weighted by Crippen LogP contribution is 2.45. The maximum absolute atomic E-state index is 11.0. The van der Waals surface area contributed by atoms with Crippen molar-refractivity contribution >= 4 is 28.9 Å². The predicted octanol–water partition coefficient (Wildman–Crippen LogP) is 7.18. The molecule has 0 aliphatic heterocycles. The Labute approximate surface area is 189 Å². The van der Waals surface area contributed by atoms with Gasteiger partial charge in [-0.05, 0) is 73.6 Å². The molecule has 3 rings (SSSR count). The van der Waals surface area contributed by atoms with Crippen molar-refractivity contribution in [2.75, 3.05) is 0 Å². The van der Waals surface area contributed by atoms with Gasteiger partial charge < -0.3 is 10.2 Å². The second-order valence-corrected chi connectivity index (χ2v) is 10.2. The molecule has 0 amide bonds. The highest BCUT2D eigenvalue weighted by Gasteiger charge is 2.35. The normalized spacial score (nSPS) is 22.3. The third-order valence-electron chi connectivity index (χ3n) is 6.40. The number of aliphatic hydroxyl groups is 1. The van der Waals surface area contributed by atoms with Crippen LogP contribution in [0.2, 0.25) is 0 Å². The summed E-state index contributed by atoms with van der Waals surface area (Å²) in [4.78, 5) is 12.6. The molecule has 1 aliphatic carbocycles. The van der Waals surface area contributed by atoms with Crippen molar-refractivity contribution in [3.05, 3.63) is 57.3 Å². The second-order valence-electron chi connectivity index (χ2n) is 8.51. The topological polar surface area (TPSA) is 57.5 Å². The molecule has 0 bridgehead atoms. The summed E-state index contributed by atoms with van der Waals surface area (Å²) in [6, 6.07) is 12.2. The number of aryl methyl sites for hydroxylation is 1. The first-order valence-corrected chi connectivity index (χ1v) is 12.5. The average Bonchev–Trinajstić information content (AvgIpc) is 3.36. The van der Waals surface area contributed by atoms with E-state index in [1.165, 1.54) is 29.7 Å². The molecule has 1 heterocycles. The molecule has 2 aromatic rings. The quantitative estimate of drug-likeness (QED) is 0.282. The number of benzene rings is 1. The number of unbranched alkanes of at least 4 members (excludes halogenated alkanes) is 2. The minimum atomic E-state index is -0.846. The third kappa shape index (κ3) is 6.09. The van der Waals surface area contributed by atoms with Crippen LogP contribution in [0.15, 0.2) is 36.4 Å². The van der Waals surface area contributed by atoms with Crippen LogP contribution < -0.4 is 0 Å². The molecule has 0 radical (unpaired) electrons. The molecule has 2 N–H and O–H groups in total. The number of hydrogen-bond acceptors (Lipinski definition) is 3. The van der Waals surface area contributed by atoms with Gasteiger partial charge in [0.1, 0.15) is 4.88 Å². The van der Waals surface area contributed by atoms with Gasteiger partial charge in [-0.15, -0.1) is 22.9 Å². The summed E-state index contributed by atoms with van der Waals surface area (Å²) in [5, 5.41) is 19.7. The molecule has 0 saturated heterocycles. The van der Waals surface area contributed by atoms with E-state index in [0.717, 1.165) is 55.4 Å². The van der Waals surface area contributed by atoms with E-state index in [1.54, 1.807) is 6.07 Å². The molecular formula is C25H33ClO3S. The fourth-order valence-electron chi connectivity index (χ4n) is 4.67. The van der Waals surface area contributed by atoms with Crippen molar-refractivity contribution in [3.8, 4) is 0 Å². The molecular weight excluding hydrogens is 416 g/mol. The lowest BCUT2D eigenvalue weighted by molar-refractivity contribution is 0.0702. The third-order valence-corrected chi connectivity index (χ3v) is 8.07. The number of rotatable bonds is 11. The van der Waals surface area contributed by atoms with Crippen molar-refractivity contribution in [1.29, 1.82) is 0 Å². The van der Waals surface area contributed by atoms with Crippen LogP contribution in [0.4, 0.5) is 0 Å². The SMILES string of the molecule is CCCCCC(O)c1ccc(C2CCC(Cl)[C@@H]2CCCc2ccc(C(=O)O)s2)cc1. The zero-order valence-corrected chi connectivity index (χ0v) is 19.3. The second kappa shape index (κ2) is 11.3. The van der Waals surface area contributed by atoms with E-state index in [9.17, 15) is 9.90 Å². The van der Waals surface area contributed by atoms with Crippen molar-refractivity contribution in [2.24, 2.45) is 5.92 Å². The van der Waals surface area contributed by atoms with E-state index in [0.29, 0.717) is 16.7 Å². The Balaban J connectivity index is 1.55. The summed E-state index contributed by atoms with van der Waals surface area (Å²) < 4.78 is 0. The molecule has 1 aromatic carbocycles. The van der Waals surface area contributed by atoms with Gasteiger partial charge in [0.05, 0.1) is 6.10 Å². The van der Waals surface area contributed by atoms with Gasteiger partial charge in [0.2, 0.25) is 0 Å². The standard InChI is InChI=1S/C25H33ClO3S/c1-2-3-4-8-23(27)18-11-9-17(10-12-18)20-14-15-22(26)21(20)7-5-6-19-13-16-24(30-19)25(28)29/h9-13,16,20-23,27H,2-8,14-15H2,1H3,(H,28,29)/t20?,21-,22?,23?/m1/s1. The van der Waals surface area contributed by atoms with E-state index in [-0.39, 0.29) is 11.5 Å². The number of halogens is 1. The summed E-state index contributed by atoms with van der Waals surface area (Å²) in [7, 11) is 0. The Kier molecular flexibility index (Phi) is 8.79. The van der Waals surface area contributed by atoms with Crippen LogP contribution in [0, 0.1) is 5.92 Å². The molecule has 5 heteroatoms. The lowest BCUT2D eigenvalue weighted by Gasteiger charge is -2.23. The molecule has 3 nitrogen and oxygen atoms in total. The minimum Gasteiger partial charge on any atom is -0.477 e. The van der Waals surface area contributed by atoms with Crippen LogP contribution >= 0.6 is 22.9 Å². The Bertz CT molecular complexity index is 801. The lowest BCUT2D eigenvalue weighted by atomic mass is 9.85. The number of aromatic carboxylic acids is 1. The van der Waals surface area contributed by atoms with Crippen LogP contribution in [-0.4, -0.2) is 21.6 Å². The zero-order chi connectivity index (χ0) is 21.5. The first kappa shape index (κ1) is 23.3. The number of aliphatic hydroxyl groups excluding tert-OH is 1. The van der Waals surface area contributed by atoms with Crippen LogP contribution in [0.25, 0.3) is 0 Å². The van der Waals surface area contributed by atoms with Crippen molar-refractivity contribution < 1.29 is 15.0 Å². The summed E-state index contributed by atoms with van der Waals surface area (Å²) in [6.07, 6.45) is 9.01. The summed E-state index contributed by atoms with van der Waals surface area (Å²) >= 11 is 8.06. The number of thiophene rings is 1. The Morgan fingerprint density at radius 1 is 1.13 bits per heavy atom. The minimum absolute atomic E-state index is 0.201. The van der Waals surface area contributed by atoms with Gasteiger partial charge in [0.25, 0.3) is 0 Å². The van der Waals surface area contributed by atoms with Gasteiger partial charge in [-0.2, -0.15) is 0 Å². The van der Waals surface area contributed by atoms with E-state index >= 15 is 0 Å². The van der Waals surface area contributed by atoms with Crippen LogP contribution in [0.3, 0.4) is 0 Å². The first-order chi connectivity index (χ1) is 14.5. The highest BCUT2D eigenvalue weighted by atomic mass is 35.5. The summed E-state index contributed by atoms with van der Waals surface area (Å²) in [6.45, 7) is 2.18. The Morgan fingerprint density at radius 3 is 2.57 bits per heavy atom. The fourth-order valence-corrected chi connectivity index (χ4v) is 5.99. The van der Waals surface area contributed by atoms with Crippen molar-refractivity contribution in [2.45, 2.75) is 82.1 Å². The van der Waals surface area contributed by atoms with Gasteiger partial charge in [-0.1, -0.05) is 50.5 Å². The van der Waals surface area contributed by atoms with E-state index in [1.807, 2.05) is 6.07 Å². The number of alkyl halides is 1. The number of carboxylic acids is 1.